The molecule has 6 nitrogen and oxygen atoms in total. The van der Waals surface area contributed by atoms with Crippen LogP contribution in [0.5, 0.6) is 0 Å². The molecule has 6 heteroatoms. The molecule has 0 aromatic carbocycles. The molecule has 0 heterocycles. The van der Waals surface area contributed by atoms with E-state index in [2.05, 4.69) is 93.7 Å². The van der Waals surface area contributed by atoms with Gasteiger partial charge in [-0.05, 0) is 70.6 Å². The normalized spacial score (nSPS) is 12.6. The minimum absolute atomic E-state index is 0.0886. The third kappa shape index (κ3) is 53.8. The van der Waals surface area contributed by atoms with Crippen LogP contribution in [0, 0.1) is 0 Å². The minimum atomic E-state index is -0.794. The Morgan fingerprint density at radius 2 is 0.529 bits per heavy atom. The lowest BCUT2D eigenvalue weighted by molar-refractivity contribution is -0.167. The maximum absolute atomic E-state index is 12.9. The van der Waals surface area contributed by atoms with Crippen molar-refractivity contribution in [2.24, 2.45) is 0 Å². The van der Waals surface area contributed by atoms with Crippen LogP contribution < -0.4 is 0 Å². The van der Waals surface area contributed by atoms with E-state index in [0.717, 1.165) is 103 Å². The van der Waals surface area contributed by atoms with Gasteiger partial charge in [-0.3, -0.25) is 14.4 Å². The Hall–Kier alpha value is -3.15. The molecule has 0 bridgehead atoms. The molecule has 1 atom stereocenters. The highest BCUT2D eigenvalue weighted by atomic mass is 16.6. The number of unbranched alkanes of at least 4 members (excludes halogenated alkanes) is 33. The fourth-order valence-corrected chi connectivity index (χ4v) is 8.15. The molecule has 0 aromatic heterocycles. The summed E-state index contributed by atoms with van der Waals surface area (Å²) in [6.07, 6.45) is 71.7. The van der Waals surface area contributed by atoms with Crippen LogP contribution in [0.4, 0.5) is 0 Å². The molecule has 1 unspecified atom stereocenters. The molecule has 0 radical (unpaired) electrons. The van der Waals surface area contributed by atoms with Gasteiger partial charge >= 0.3 is 17.9 Å². The van der Waals surface area contributed by atoms with Gasteiger partial charge in [0.25, 0.3) is 0 Å². The van der Waals surface area contributed by atoms with Crippen molar-refractivity contribution in [1.29, 1.82) is 0 Å². The van der Waals surface area contributed by atoms with E-state index in [0.29, 0.717) is 19.3 Å². The zero-order valence-corrected chi connectivity index (χ0v) is 44.9. The number of carbonyl (C=O) groups is 3. The Kier molecular flexibility index (Phi) is 53.8. The molecule has 0 saturated carbocycles. The Morgan fingerprint density at radius 1 is 0.294 bits per heavy atom. The summed E-state index contributed by atoms with van der Waals surface area (Å²) < 4.78 is 16.8. The van der Waals surface area contributed by atoms with Gasteiger partial charge in [0.05, 0.1) is 0 Å². The summed E-state index contributed by atoms with van der Waals surface area (Å²) in [5, 5.41) is 0. The quantitative estimate of drug-likeness (QED) is 0.0262. The van der Waals surface area contributed by atoms with E-state index in [1.807, 2.05) is 0 Å². The first-order chi connectivity index (χ1) is 33.5. The molecule has 0 aliphatic heterocycles. The van der Waals surface area contributed by atoms with Crippen molar-refractivity contribution in [3.05, 3.63) is 72.9 Å². The number of esters is 3. The Morgan fingerprint density at radius 3 is 0.809 bits per heavy atom. The zero-order chi connectivity index (χ0) is 49.3. The highest BCUT2D eigenvalue weighted by molar-refractivity contribution is 5.71. The highest BCUT2D eigenvalue weighted by Crippen LogP contribution is 2.15. The van der Waals surface area contributed by atoms with E-state index in [1.165, 1.54) is 141 Å². The zero-order valence-electron chi connectivity index (χ0n) is 44.9. The second kappa shape index (κ2) is 56.4. The predicted octanol–water partition coefficient (Wildman–Crippen LogP) is 19.4. The van der Waals surface area contributed by atoms with Crippen LogP contribution in [0.1, 0.15) is 284 Å². The fourth-order valence-electron chi connectivity index (χ4n) is 8.15. The molecule has 0 spiro atoms. The van der Waals surface area contributed by atoms with E-state index in [1.54, 1.807) is 0 Å². The number of ether oxygens (including phenoxy) is 3. The number of rotatable bonds is 52. The standard InChI is InChI=1S/C62H108O6/c1-4-7-10-13-16-19-22-25-28-30-32-34-37-40-43-46-49-52-55-61(64)67-58-59(57-66-60(63)54-51-48-45-42-39-36-27-24-21-18-15-12-9-6-3)68-62(65)56-53-50-47-44-41-38-35-33-31-29-26-23-20-17-14-11-8-5-2/h22-23,25-26,28-35,59H,4-21,24,27,36-58H2,1-3H3/b25-22-,26-23-,30-28-,31-29-,34-32-,35-33-. The summed E-state index contributed by atoms with van der Waals surface area (Å²) >= 11 is 0. The Balaban J connectivity index is 4.46. The topological polar surface area (TPSA) is 78.9 Å². The molecule has 68 heavy (non-hydrogen) atoms. The molecule has 0 amide bonds. The fraction of sp³-hybridized carbons (Fsp3) is 0.758. The molecular formula is C62H108O6. The van der Waals surface area contributed by atoms with Crippen molar-refractivity contribution in [2.75, 3.05) is 13.2 Å². The number of hydrogen-bond donors (Lipinski definition) is 0. The van der Waals surface area contributed by atoms with Crippen molar-refractivity contribution in [1.82, 2.24) is 0 Å². The summed E-state index contributed by atoms with van der Waals surface area (Å²) in [4.78, 5) is 38.2. The van der Waals surface area contributed by atoms with Crippen LogP contribution in [-0.2, 0) is 28.6 Å². The van der Waals surface area contributed by atoms with Crippen molar-refractivity contribution >= 4 is 17.9 Å². The number of hydrogen-bond acceptors (Lipinski definition) is 6. The first kappa shape index (κ1) is 64.8. The lowest BCUT2D eigenvalue weighted by Crippen LogP contribution is -2.30. The molecule has 0 saturated heterocycles. The largest absolute Gasteiger partial charge is 0.462 e. The van der Waals surface area contributed by atoms with Gasteiger partial charge in [0.2, 0.25) is 0 Å². The van der Waals surface area contributed by atoms with Gasteiger partial charge in [0, 0.05) is 19.3 Å². The van der Waals surface area contributed by atoms with Crippen LogP contribution in [0.15, 0.2) is 72.9 Å². The SMILES string of the molecule is CCCCCCC\C=C/C=C\C=C/CCCCCCCC(=O)OCC(COC(=O)CCCCCCCCCCCCCCCC)OC(=O)CCCCCCC\C=C/C=C\C=C/CCCCCCC. The number of allylic oxidation sites excluding steroid dienone is 12. The van der Waals surface area contributed by atoms with Crippen molar-refractivity contribution in [2.45, 2.75) is 290 Å². The van der Waals surface area contributed by atoms with E-state index < -0.39 is 6.10 Å². The number of carbonyl (C=O) groups excluding carboxylic acids is 3. The molecule has 0 N–H and O–H groups in total. The van der Waals surface area contributed by atoms with E-state index in [9.17, 15) is 14.4 Å². The van der Waals surface area contributed by atoms with Gasteiger partial charge in [-0.15, -0.1) is 0 Å². The average molecular weight is 950 g/mol. The molecular weight excluding hydrogens is 841 g/mol. The summed E-state index contributed by atoms with van der Waals surface area (Å²) in [6.45, 7) is 6.59. The van der Waals surface area contributed by atoms with Crippen LogP contribution in [0.3, 0.4) is 0 Å². The maximum Gasteiger partial charge on any atom is 0.306 e. The van der Waals surface area contributed by atoms with E-state index in [4.69, 9.17) is 14.2 Å². The van der Waals surface area contributed by atoms with Gasteiger partial charge in [-0.2, -0.15) is 0 Å². The minimum Gasteiger partial charge on any atom is -0.462 e. The molecule has 0 fully saturated rings. The lowest BCUT2D eigenvalue weighted by atomic mass is 10.0. The molecule has 0 aliphatic carbocycles. The van der Waals surface area contributed by atoms with Crippen molar-refractivity contribution in [3.8, 4) is 0 Å². The molecule has 0 aromatic rings. The summed E-state index contributed by atoms with van der Waals surface area (Å²) in [5.74, 6) is -0.919. The molecule has 0 rings (SSSR count). The third-order valence-corrected chi connectivity index (χ3v) is 12.6. The Labute approximate surface area is 421 Å². The lowest BCUT2D eigenvalue weighted by Gasteiger charge is -2.18. The van der Waals surface area contributed by atoms with E-state index >= 15 is 0 Å². The van der Waals surface area contributed by atoms with Gasteiger partial charge in [-0.1, -0.05) is 267 Å². The average Bonchev–Trinajstić information content (AvgIpc) is 3.34. The first-order valence-corrected chi connectivity index (χ1v) is 29.0. The summed E-state index contributed by atoms with van der Waals surface area (Å²) in [7, 11) is 0. The predicted molar refractivity (Wildman–Crippen MR) is 293 cm³/mol. The summed E-state index contributed by atoms with van der Waals surface area (Å²) in [5.41, 5.74) is 0. The molecule has 0 aliphatic rings. The molecule has 392 valence electrons. The third-order valence-electron chi connectivity index (χ3n) is 12.6. The van der Waals surface area contributed by atoms with Crippen LogP contribution in [-0.4, -0.2) is 37.2 Å². The van der Waals surface area contributed by atoms with Gasteiger partial charge < -0.3 is 14.2 Å². The van der Waals surface area contributed by atoms with Crippen LogP contribution in [0.25, 0.3) is 0 Å². The van der Waals surface area contributed by atoms with Gasteiger partial charge in [-0.25, -0.2) is 0 Å². The van der Waals surface area contributed by atoms with Crippen LogP contribution in [0.2, 0.25) is 0 Å². The monoisotopic (exact) mass is 949 g/mol. The Bertz CT molecular complexity index is 1270. The van der Waals surface area contributed by atoms with Crippen LogP contribution >= 0.6 is 0 Å². The van der Waals surface area contributed by atoms with Crippen molar-refractivity contribution < 1.29 is 28.6 Å². The smallest absolute Gasteiger partial charge is 0.306 e. The van der Waals surface area contributed by atoms with Gasteiger partial charge in [0.1, 0.15) is 13.2 Å². The first-order valence-electron chi connectivity index (χ1n) is 29.0. The second-order valence-electron chi connectivity index (χ2n) is 19.3. The van der Waals surface area contributed by atoms with Crippen molar-refractivity contribution in [3.63, 3.8) is 0 Å². The maximum atomic E-state index is 12.9. The van der Waals surface area contributed by atoms with Gasteiger partial charge in [0.15, 0.2) is 6.10 Å². The van der Waals surface area contributed by atoms with E-state index in [-0.39, 0.29) is 31.1 Å². The highest BCUT2D eigenvalue weighted by Gasteiger charge is 2.19. The summed E-state index contributed by atoms with van der Waals surface area (Å²) in [6, 6.07) is 0. The second-order valence-corrected chi connectivity index (χ2v) is 19.3.